The summed E-state index contributed by atoms with van der Waals surface area (Å²) in [6.07, 6.45) is 2.74. The zero-order valence-electron chi connectivity index (χ0n) is 13.9. The van der Waals surface area contributed by atoms with Crippen LogP contribution in [0.3, 0.4) is 0 Å². The van der Waals surface area contributed by atoms with Gasteiger partial charge in [-0.25, -0.2) is 0 Å². The molecule has 0 radical (unpaired) electrons. The number of nitrogens with zero attached hydrogens (tertiary/aromatic N) is 1. The molecule has 5 nitrogen and oxygen atoms in total. The lowest BCUT2D eigenvalue weighted by Crippen LogP contribution is -2.50. The maximum Gasteiger partial charge on any atom is 0.222 e. The van der Waals surface area contributed by atoms with Gasteiger partial charge in [0.2, 0.25) is 11.8 Å². The Balaban J connectivity index is 1.84. The number of nitrogens with one attached hydrogen (secondary N) is 1. The van der Waals surface area contributed by atoms with Crippen molar-refractivity contribution in [3.63, 3.8) is 0 Å². The number of hydrogen-bond donors (Lipinski definition) is 2. The molecule has 0 unspecified atom stereocenters. The van der Waals surface area contributed by atoms with Gasteiger partial charge in [0.1, 0.15) is 5.75 Å². The number of hydrogen-bond acceptors (Lipinski definition) is 3. The molecule has 1 aliphatic rings. The predicted octanol–water partition coefficient (Wildman–Crippen LogP) is 2.09. The third kappa shape index (κ3) is 4.98. The van der Waals surface area contributed by atoms with E-state index in [2.05, 4.69) is 5.32 Å². The Hall–Kier alpha value is -2.04. The predicted molar refractivity (Wildman–Crippen MR) is 89.0 cm³/mol. The number of phenols is 1. The zero-order chi connectivity index (χ0) is 16.8. The minimum absolute atomic E-state index is 0.0397. The Labute approximate surface area is 137 Å². The number of para-hydroxylation sites is 1. The van der Waals surface area contributed by atoms with Crippen LogP contribution in [0.15, 0.2) is 24.3 Å². The summed E-state index contributed by atoms with van der Waals surface area (Å²) < 4.78 is 0. The molecule has 0 bridgehead atoms. The van der Waals surface area contributed by atoms with Crippen molar-refractivity contribution in [3.8, 4) is 5.75 Å². The van der Waals surface area contributed by atoms with Crippen molar-refractivity contribution in [1.82, 2.24) is 10.2 Å². The molecule has 1 saturated heterocycles. The van der Waals surface area contributed by atoms with E-state index in [9.17, 15) is 14.7 Å². The van der Waals surface area contributed by atoms with E-state index in [0.29, 0.717) is 19.4 Å². The highest BCUT2D eigenvalue weighted by molar-refractivity contribution is 5.79. The van der Waals surface area contributed by atoms with Gasteiger partial charge in [-0.1, -0.05) is 32.0 Å². The van der Waals surface area contributed by atoms with E-state index in [1.54, 1.807) is 12.1 Å². The van der Waals surface area contributed by atoms with Crippen molar-refractivity contribution in [2.45, 2.75) is 45.6 Å². The molecule has 1 aromatic carbocycles. The second-order valence-corrected chi connectivity index (χ2v) is 6.47. The first-order valence-corrected chi connectivity index (χ1v) is 8.32. The maximum absolute atomic E-state index is 12.4. The van der Waals surface area contributed by atoms with E-state index >= 15 is 0 Å². The van der Waals surface area contributed by atoms with Crippen molar-refractivity contribution in [1.29, 1.82) is 0 Å². The summed E-state index contributed by atoms with van der Waals surface area (Å²) in [5.74, 6) is 0.318. The monoisotopic (exact) mass is 318 g/mol. The number of aromatic hydroxyl groups is 1. The van der Waals surface area contributed by atoms with E-state index in [1.165, 1.54) is 0 Å². The fourth-order valence-electron chi connectivity index (χ4n) is 2.81. The second-order valence-electron chi connectivity index (χ2n) is 6.47. The summed E-state index contributed by atoms with van der Waals surface area (Å²) in [4.78, 5) is 26.0. The van der Waals surface area contributed by atoms with Crippen molar-refractivity contribution >= 4 is 11.8 Å². The van der Waals surface area contributed by atoms with Crippen molar-refractivity contribution in [2.24, 2.45) is 5.92 Å². The Morgan fingerprint density at radius 2 is 2.09 bits per heavy atom. The minimum Gasteiger partial charge on any atom is -0.508 e. The number of aryl methyl sites for hydroxylation is 1. The molecular weight excluding hydrogens is 292 g/mol. The molecule has 0 saturated carbocycles. The molecule has 23 heavy (non-hydrogen) atoms. The SMILES string of the molecule is CC(C)C(=O)N[C@@H]1CCCN(C(=O)CCc2ccccc2O)C1. The van der Waals surface area contributed by atoms with Crippen LogP contribution < -0.4 is 5.32 Å². The number of piperidine rings is 1. The summed E-state index contributed by atoms with van der Waals surface area (Å²) in [7, 11) is 0. The summed E-state index contributed by atoms with van der Waals surface area (Å²) >= 11 is 0. The molecule has 1 aliphatic heterocycles. The molecule has 126 valence electrons. The molecule has 1 atom stereocenters. The van der Waals surface area contributed by atoms with Gasteiger partial charge in [-0.15, -0.1) is 0 Å². The van der Waals surface area contributed by atoms with Crippen molar-refractivity contribution < 1.29 is 14.7 Å². The standard InChI is InChI=1S/C18H26N2O3/c1-13(2)18(23)19-15-7-5-11-20(12-15)17(22)10-9-14-6-3-4-8-16(14)21/h3-4,6,8,13,15,21H,5,7,9-12H2,1-2H3,(H,19,23)/t15-/m1/s1. The molecule has 1 aromatic rings. The third-order valence-electron chi connectivity index (χ3n) is 4.24. The van der Waals surface area contributed by atoms with Gasteiger partial charge >= 0.3 is 0 Å². The van der Waals surface area contributed by atoms with E-state index < -0.39 is 0 Å². The van der Waals surface area contributed by atoms with Crippen LogP contribution in [0.5, 0.6) is 5.75 Å². The van der Waals surface area contributed by atoms with Crippen LogP contribution in [0.25, 0.3) is 0 Å². The minimum atomic E-state index is -0.0397. The molecule has 0 aromatic heterocycles. The zero-order valence-corrected chi connectivity index (χ0v) is 13.9. The molecule has 5 heteroatoms. The summed E-state index contributed by atoms with van der Waals surface area (Å²) in [6, 6.07) is 7.15. The van der Waals surface area contributed by atoms with E-state index in [4.69, 9.17) is 0 Å². The Morgan fingerprint density at radius 3 is 2.78 bits per heavy atom. The van der Waals surface area contributed by atoms with Gasteiger partial charge in [-0.05, 0) is 30.9 Å². The lowest BCUT2D eigenvalue weighted by molar-refractivity contribution is -0.134. The van der Waals surface area contributed by atoms with Gasteiger partial charge < -0.3 is 15.3 Å². The second kappa shape index (κ2) is 7.99. The quantitative estimate of drug-likeness (QED) is 0.873. The first kappa shape index (κ1) is 17.3. The van der Waals surface area contributed by atoms with Gasteiger partial charge in [0.05, 0.1) is 0 Å². The van der Waals surface area contributed by atoms with Crippen LogP contribution >= 0.6 is 0 Å². The van der Waals surface area contributed by atoms with Gasteiger partial charge in [0.25, 0.3) is 0 Å². The van der Waals surface area contributed by atoms with Gasteiger partial charge in [-0.3, -0.25) is 9.59 Å². The molecule has 2 N–H and O–H groups in total. The summed E-state index contributed by atoms with van der Waals surface area (Å²) in [6.45, 7) is 5.06. The maximum atomic E-state index is 12.4. The number of rotatable bonds is 5. The molecular formula is C18H26N2O3. The molecule has 1 heterocycles. The lowest BCUT2D eigenvalue weighted by atomic mass is 10.0. The Bertz CT molecular complexity index is 557. The molecule has 2 amide bonds. The summed E-state index contributed by atoms with van der Waals surface area (Å²) in [5, 5.41) is 12.8. The van der Waals surface area contributed by atoms with Gasteiger partial charge in [0, 0.05) is 31.5 Å². The highest BCUT2D eigenvalue weighted by Crippen LogP contribution is 2.19. The van der Waals surface area contributed by atoms with E-state index in [0.717, 1.165) is 24.9 Å². The van der Waals surface area contributed by atoms with Crippen LogP contribution in [0.1, 0.15) is 38.7 Å². The third-order valence-corrected chi connectivity index (χ3v) is 4.24. The normalized spacial score (nSPS) is 18.0. The summed E-state index contributed by atoms with van der Waals surface area (Å²) in [5.41, 5.74) is 0.794. The lowest BCUT2D eigenvalue weighted by Gasteiger charge is -2.33. The Kier molecular flexibility index (Phi) is 6.02. The number of amides is 2. The first-order chi connectivity index (χ1) is 11.0. The molecule has 0 aliphatic carbocycles. The van der Waals surface area contributed by atoms with Crippen LogP contribution in [-0.2, 0) is 16.0 Å². The smallest absolute Gasteiger partial charge is 0.222 e. The molecule has 1 fully saturated rings. The first-order valence-electron chi connectivity index (χ1n) is 8.32. The van der Waals surface area contributed by atoms with Crippen LogP contribution in [0.2, 0.25) is 0 Å². The highest BCUT2D eigenvalue weighted by Gasteiger charge is 2.25. The number of carbonyl (C=O) groups excluding carboxylic acids is 2. The van der Waals surface area contributed by atoms with Crippen molar-refractivity contribution in [3.05, 3.63) is 29.8 Å². The Morgan fingerprint density at radius 1 is 1.35 bits per heavy atom. The van der Waals surface area contributed by atoms with Gasteiger partial charge in [0.15, 0.2) is 0 Å². The van der Waals surface area contributed by atoms with E-state index in [-0.39, 0.29) is 29.5 Å². The number of carbonyl (C=O) groups is 2. The van der Waals surface area contributed by atoms with Crippen LogP contribution in [0.4, 0.5) is 0 Å². The van der Waals surface area contributed by atoms with Crippen LogP contribution in [0, 0.1) is 5.92 Å². The average Bonchev–Trinajstić information content (AvgIpc) is 2.54. The number of benzene rings is 1. The molecule has 2 rings (SSSR count). The van der Waals surface area contributed by atoms with Gasteiger partial charge in [-0.2, -0.15) is 0 Å². The average molecular weight is 318 g/mol. The topological polar surface area (TPSA) is 69.6 Å². The largest absolute Gasteiger partial charge is 0.508 e. The fraction of sp³-hybridized carbons (Fsp3) is 0.556. The van der Waals surface area contributed by atoms with Crippen LogP contribution in [-0.4, -0.2) is 41.0 Å². The fourth-order valence-corrected chi connectivity index (χ4v) is 2.81. The number of phenolic OH excluding ortho intramolecular Hbond substituents is 1. The highest BCUT2D eigenvalue weighted by atomic mass is 16.3. The van der Waals surface area contributed by atoms with Crippen molar-refractivity contribution in [2.75, 3.05) is 13.1 Å². The van der Waals surface area contributed by atoms with E-state index in [1.807, 2.05) is 30.9 Å². The number of likely N-dealkylation sites (tertiary alicyclic amines) is 1. The molecule has 0 spiro atoms.